The number of hydrogen-bond donors (Lipinski definition) is 33. The molecule has 55 atom stereocenters. The summed E-state index contributed by atoms with van der Waals surface area (Å²) < 4.78 is 127. The van der Waals surface area contributed by atoms with Gasteiger partial charge in [0.2, 0.25) is 0 Å². The summed E-state index contributed by atoms with van der Waals surface area (Å²) in [5, 5.41) is 369. The normalized spacial score (nSPS) is 55.0. The summed E-state index contributed by atoms with van der Waals surface area (Å²) in [7, 11) is 0. The molecule has 0 aromatic heterocycles. The quantitative estimate of drug-likeness (QED) is 0.0571. The maximum absolute atomic E-state index is 12.1. The minimum atomic E-state index is -2.49. The number of ether oxygens (including phenoxy) is 22. The highest BCUT2D eigenvalue weighted by molar-refractivity contribution is 5.04. The Morgan fingerprint density at radius 1 is 0.149 bits per heavy atom. The molecule has 0 radical (unpaired) electrons. The van der Waals surface area contributed by atoms with Crippen molar-refractivity contribution < 1.29 is 273 Å². The molecule has 25 fully saturated rings. The maximum atomic E-state index is 12.1. The van der Waals surface area contributed by atoms with Gasteiger partial charge in [-0.3, -0.25) is 0 Å². The van der Waals surface area contributed by atoms with Crippen LogP contribution < -0.4 is 0 Å². The lowest BCUT2D eigenvalue weighted by Gasteiger charge is -2.50. The molecule has 25 aliphatic heterocycles. The Kier molecular flexibility index (Phi) is 33.9. The van der Waals surface area contributed by atoms with E-state index in [1.54, 1.807) is 0 Å². The molecular weight excluding hydrogens is 1670 g/mol. The summed E-state index contributed by atoms with van der Waals surface area (Å²) >= 11 is 0. The van der Waals surface area contributed by atoms with Gasteiger partial charge in [0.05, 0.1) is 72.7 Å². The SMILES string of the molecule is OC[C@H]1O[C@@H](O[C@H]2[C@H](O)[C@@H](O)[C@H](OC[C@H]3O[C@@H]4O[C@H]5[C@H](O)[C@@H](O)[C@@H](O[C@H]6[C@H](O)[C@@H](O)[C@@H](O[C@H]7[C@H](O)[C@@H](O)[C@@H](O[C@H]8[C@H](O)[C@@H](O)[C@@H](O[C@H]9[C@H](O)[C@@H](O)[C@@H](O[C@H]%10[C@H](O)[C@@H](O)[C@@H](O[C@H]3[C@H](O)[C@H]4O)O[C@@H]%10CO)O[C@@H]9CO)O[C@@H]8CO)O[C@@H]7CO[C@@H]3O[C@H](CO)[C@@H](O[C@@H]4O[C@H](CO)[C@H](O)[C@H](O)[C@H]4O)[C@H](O)[C@H]3O)O[C@@H]6CO)O[C@@H]5CO)O[C@@H]2CO)[C@H](O)[C@@H](O)[C@H]1O. The van der Waals surface area contributed by atoms with Gasteiger partial charge in [-0.2, -0.15) is 0 Å². The van der Waals surface area contributed by atoms with Crippen LogP contribution in [0.1, 0.15) is 0 Å². The van der Waals surface area contributed by atoms with Gasteiger partial charge in [0.25, 0.3) is 0 Å². The largest absolute Gasteiger partial charge is 0.394 e. The summed E-state index contributed by atoms with van der Waals surface area (Å²) in [6.45, 7) is -12.5. The van der Waals surface area contributed by atoms with E-state index in [9.17, 15) is 169 Å². The van der Waals surface area contributed by atoms with Crippen LogP contribution in [0, 0.1) is 0 Å². The Morgan fingerprint density at radius 3 is 0.537 bits per heavy atom. The predicted octanol–water partition coefficient (Wildman–Crippen LogP) is -23.9. The maximum Gasteiger partial charge on any atom is 0.187 e. The second-order valence-electron chi connectivity index (χ2n) is 31.0. The molecule has 0 saturated carbocycles. The zero-order valence-corrected chi connectivity index (χ0v) is 63.3. The van der Waals surface area contributed by atoms with Gasteiger partial charge in [-0.25, -0.2) is 0 Å². The van der Waals surface area contributed by atoms with Crippen LogP contribution in [0.15, 0.2) is 0 Å². The highest BCUT2D eigenvalue weighted by Gasteiger charge is 2.62. The summed E-state index contributed by atoms with van der Waals surface area (Å²) in [5.41, 5.74) is 0. The minimum absolute atomic E-state index is 0.932. The molecule has 25 aliphatic rings. The van der Waals surface area contributed by atoms with Crippen LogP contribution in [0.3, 0.4) is 0 Å². The lowest BCUT2D eigenvalue weighted by Crippen LogP contribution is -2.68. The van der Waals surface area contributed by atoms with Gasteiger partial charge in [0.1, 0.15) is 269 Å². The van der Waals surface area contributed by atoms with Crippen molar-refractivity contribution in [3.63, 3.8) is 0 Å². The van der Waals surface area contributed by atoms with Crippen LogP contribution >= 0.6 is 0 Å². The first kappa shape index (κ1) is 97.8. The van der Waals surface area contributed by atoms with Crippen molar-refractivity contribution in [3.05, 3.63) is 0 Å². The topological polar surface area (TPSA) is 871 Å². The van der Waals surface area contributed by atoms with E-state index in [2.05, 4.69) is 0 Å². The molecule has 121 heavy (non-hydrogen) atoms. The molecule has 33 N–H and O–H groups in total. The number of aliphatic hydroxyl groups is 33. The highest BCUT2D eigenvalue weighted by atomic mass is 16.8. The zero-order valence-electron chi connectivity index (χ0n) is 63.3. The summed E-state index contributed by atoms with van der Waals surface area (Å²) in [4.78, 5) is 0. The van der Waals surface area contributed by atoms with Crippen LogP contribution in [0.2, 0.25) is 0 Å². The molecule has 0 unspecified atom stereocenters. The molecule has 0 aromatic carbocycles. The van der Waals surface area contributed by atoms with E-state index < -0.39 is 410 Å². The van der Waals surface area contributed by atoms with Crippen molar-refractivity contribution in [1.29, 1.82) is 0 Å². The fourth-order valence-electron chi connectivity index (χ4n) is 16.2. The number of hydrogen-bond acceptors (Lipinski definition) is 55. The Balaban J connectivity index is 0.829. The van der Waals surface area contributed by atoms with E-state index in [1.165, 1.54) is 0 Å². The van der Waals surface area contributed by atoms with Crippen molar-refractivity contribution >= 4 is 0 Å². The predicted molar refractivity (Wildman–Crippen MR) is 359 cm³/mol. The Hall–Kier alpha value is -2.20. The van der Waals surface area contributed by atoms with Crippen LogP contribution in [0.4, 0.5) is 0 Å². The van der Waals surface area contributed by atoms with Crippen LogP contribution in [-0.4, -0.2) is 579 Å². The molecule has 55 heteroatoms. The first-order valence-electron chi connectivity index (χ1n) is 38.7. The average molecular weight is 1780 g/mol. The molecule has 25 rings (SSSR count). The smallest absolute Gasteiger partial charge is 0.187 e. The van der Waals surface area contributed by atoms with Gasteiger partial charge in [-0.1, -0.05) is 0 Å². The highest BCUT2D eigenvalue weighted by Crippen LogP contribution is 2.42. The van der Waals surface area contributed by atoms with Gasteiger partial charge in [0.15, 0.2) is 69.2 Å². The second-order valence-corrected chi connectivity index (χ2v) is 31.0. The van der Waals surface area contributed by atoms with Crippen molar-refractivity contribution in [3.8, 4) is 0 Å². The van der Waals surface area contributed by atoms with Gasteiger partial charge in [-0.05, 0) is 0 Å². The molecule has 25 heterocycles. The molecule has 704 valence electrons. The second kappa shape index (κ2) is 41.9. The minimum Gasteiger partial charge on any atom is -0.394 e. The van der Waals surface area contributed by atoms with Crippen molar-refractivity contribution in [2.75, 3.05) is 72.7 Å². The zero-order chi connectivity index (χ0) is 88.1. The lowest BCUT2D eigenvalue weighted by molar-refractivity contribution is -0.400. The molecule has 25 saturated heterocycles. The van der Waals surface area contributed by atoms with Crippen molar-refractivity contribution in [2.24, 2.45) is 0 Å². The van der Waals surface area contributed by atoms with E-state index in [0.29, 0.717) is 0 Å². The van der Waals surface area contributed by atoms with Crippen LogP contribution in [-0.2, 0) is 104 Å². The first-order chi connectivity index (χ1) is 57.5. The van der Waals surface area contributed by atoms with Crippen molar-refractivity contribution in [1.82, 2.24) is 0 Å². The Bertz CT molecular complexity index is 3050. The molecule has 0 amide bonds. The number of aliphatic hydroxyl groups excluding tert-OH is 33. The van der Waals surface area contributed by atoms with Gasteiger partial charge < -0.3 is 273 Å². The molecule has 0 aliphatic carbocycles. The van der Waals surface area contributed by atoms with E-state index in [0.717, 1.165) is 0 Å². The fourth-order valence-corrected chi connectivity index (χ4v) is 16.2. The Labute approximate surface area is 681 Å². The van der Waals surface area contributed by atoms with Crippen molar-refractivity contribution in [2.45, 2.75) is 338 Å². The molecule has 55 nitrogen and oxygen atoms in total. The third-order valence-electron chi connectivity index (χ3n) is 23.2. The van der Waals surface area contributed by atoms with E-state index in [-0.39, 0.29) is 0 Å². The fraction of sp³-hybridized carbons (Fsp3) is 1.00. The monoisotopic (exact) mass is 1780 g/mol. The molecule has 14 bridgehead atoms. The summed E-state index contributed by atoms with van der Waals surface area (Å²) in [6, 6.07) is 0. The third-order valence-corrected chi connectivity index (χ3v) is 23.2. The molecular formula is C66H110O55. The Morgan fingerprint density at radius 2 is 0.331 bits per heavy atom. The van der Waals surface area contributed by atoms with E-state index in [1.807, 2.05) is 0 Å². The number of rotatable bonds is 19. The lowest BCUT2D eigenvalue weighted by atomic mass is 9.95. The van der Waals surface area contributed by atoms with Crippen LogP contribution in [0.5, 0.6) is 0 Å². The van der Waals surface area contributed by atoms with E-state index in [4.69, 9.17) is 104 Å². The molecule has 0 aromatic rings. The average Bonchev–Trinajstić information content (AvgIpc) is 0.828. The first-order valence-corrected chi connectivity index (χ1v) is 38.7. The summed E-state index contributed by atoms with van der Waals surface area (Å²) in [5.74, 6) is 0. The summed E-state index contributed by atoms with van der Waals surface area (Å²) in [6.07, 6.45) is -119. The van der Waals surface area contributed by atoms with E-state index >= 15 is 0 Å². The third kappa shape index (κ3) is 19.9. The standard InChI is InChI=1S/C66H110O55/c67-1-12-23(76)25(78)36(89)58(102-12)113-47-14(3-69)104-56(38(91)27(47)80)100-10-21-54-35(88)46(99)66(112-21)119-53-20(9-75)108-62(42(95)31(53)84)117-51-18(7-73)110-64(44(97)33(51)86)121-55-22(11-101-57-39(92)28(81)48(15(4-70)105-57)114-59-37(90)26(79)24(77)13(2-68)103-59)111-65(45(98)34(55)87)118-52-19(8-74)107-61(41(94)30(52)83)115-49-16(5-71)106-60(40(93)29(49)82)116-50-17(6-72)109-63(120-54)43(96)32(50)85/h12-99H,1-11H2/t12-,13-,14-,15-,16-,17-,18-,19-,20-,21-,22-,23+,24+,25+,26+,27-,28-,29-,30-,31-,32-,33-,34-,35-,36-,37-,38-,39-,40-,41-,42-,43-,44-,45-,46-,47-,48-,49-,50-,51-,52-,53-,54-,55-,56-,57-,58+,59+,60-,61-,62-,63-,64-,65-,66-/m1/s1. The van der Waals surface area contributed by atoms with Gasteiger partial charge >= 0.3 is 0 Å². The molecule has 0 spiro atoms. The van der Waals surface area contributed by atoms with Crippen LogP contribution in [0.25, 0.3) is 0 Å². The van der Waals surface area contributed by atoms with Gasteiger partial charge in [0, 0.05) is 0 Å². The van der Waals surface area contributed by atoms with Gasteiger partial charge in [-0.15, -0.1) is 0 Å².